The van der Waals surface area contributed by atoms with Crippen molar-refractivity contribution in [1.82, 2.24) is 14.9 Å². The van der Waals surface area contributed by atoms with E-state index < -0.39 is 17.7 Å². The number of hydrogen-bond donors (Lipinski definition) is 2. The highest BCUT2D eigenvalue weighted by molar-refractivity contribution is 6.46. The number of amides is 1. The van der Waals surface area contributed by atoms with Crippen molar-refractivity contribution in [3.8, 4) is 11.5 Å². The van der Waals surface area contributed by atoms with E-state index in [4.69, 9.17) is 9.47 Å². The Morgan fingerprint density at radius 2 is 1.85 bits per heavy atom. The molecule has 0 spiro atoms. The third-order valence-corrected chi connectivity index (χ3v) is 6.20. The van der Waals surface area contributed by atoms with Crippen LogP contribution in [0, 0.1) is 0 Å². The zero-order chi connectivity index (χ0) is 23.2. The van der Waals surface area contributed by atoms with Gasteiger partial charge >= 0.3 is 0 Å². The standard InChI is InChI=1S/C26H19N3O5/c30-24(16-5-6-20-21(11-16)34-14-33-20)22-23(18-12-28-19-4-2-1-3-17(18)19)29(26(32)25(22)31)13-15-7-9-27-10-8-15/h1-12,23,28,30H,13-14H2/b24-22+. The van der Waals surface area contributed by atoms with Gasteiger partial charge in [-0.2, -0.15) is 0 Å². The summed E-state index contributed by atoms with van der Waals surface area (Å²) in [6.07, 6.45) is 5.06. The number of benzene rings is 2. The van der Waals surface area contributed by atoms with Gasteiger partial charge in [-0.15, -0.1) is 0 Å². The lowest BCUT2D eigenvalue weighted by Gasteiger charge is -2.25. The number of nitrogens with zero attached hydrogens (tertiary/aromatic N) is 2. The fraction of sp³-hybridized carbons (Fsp3) is 0.115. The molecule has 1 amide bonds. The van der Waals surface area contributed by atoms with E-state index in [1.165, 1.54) is 4.90 Å². The number of carbonyl (C=O) groups excluding carboxylic acids is 2. The van der Waals surface area contributed by atoms with Crippen molar-refractivity contribution in [1.29, 1.82) is 0 Å². The quantitative estimate of drug-likeness (QED) is 0.276. The number of aromatic amines is 1. The summed E-state index contributed by atoms with van der Waals surface area (Å²) in [5.41, 5.74) is 2.82. The Labute approximate surface area is 194 Å². The first-order valence-electron chi connectivity index (χ1n) is 10.7. The summed E-state index contributed by atoms with van der Waals surface area (Å²) in [6.45, 7) is 0.278. The van der Waals surface area contributed by atoms with Crippen molar-refractivity contribution in [2.24, 2.45) is 0 Å². The molecule has 2 aliphatic rings. The van der Waals surface area contributed by atoms with Gasteiger partial charge in [-0.05, 0) is 42.0 Å². The maximum Gasteiger partial charge on any atom is 0.295 e. The number of ketones is 1. The monoisotopic (exact) mass is 453 g/mol. The summed E-state index contributed by atoms with van der Waals surface area (Å²) < 4.78 is 10.8. The molecule has 34 heavy (non-hydrogen) atoms. The van der Waals surface area contributed by atoms with Gasteiger partial charge in [0.25, 0.3) is 11.7 Å². The molecule has 0 saturated carbocycles. The molecule has 4 aromatic rings. The van der Waals surface area contributed by atoms with Gasteiger partial charge in [0.1, 0.15) is 5.76 Å². The maximum absolute atomic E-state index is 13.3. The lowest BCUT2D eigenvalue weighted by Crippen LogP contribution is -2.29. The summed E-state index contributed by atoms with van der Waals surface area (Å²) in [5.74, 6) is -0.639. The van der Waals surface area contributed by atoms with Crippen LogP contribution >= 0.6 is 0 Å². The molecule has 1 atom stereocenters. The van der Waals surface area contributed by atoms with E-state index in [2.05, 4.69) is 9.97 Å². The predicted molar refractivity (Wildman–Crippen MR) is 123 cm³/mol. The Hall–Kier alpha value is -4.59. The third-order valence-electron chi connectivity index (χ3n) is 6.20. The van der Waals surface area contributed by atoms with Crippen LogP contribution in [0.5, 0.6) is 11.5 Å². The van der Waals surface area contributed by atoms with Crippen molar-refractivity contribution in [3.63, 3.8) is 0 Å². The van der Waals surface area contributed by atoms with E-state index >= 15 is 0 Å². The highest BCUT2D eigenvalue weighted by Crippen LogP contribution is 2.43. The zero-order valence-corrected chi connectivity index (χ0v) is 17.9. The summed E-state index contributed by atoms with van der Waals surface area (Å²) in [6, 6.07) is 15.4. The molecule has 6 rings (SSSR count). The van der Waals surface area contributed by atoms with Gasteiger partial charge in [0, 0.05) is 47.2 Å². The first kappa shape index (κ1) is 20.0. The number of aliphatic hydroxyl groups is 1. The molecule has 2 aromatic carbocycles. The minimum Gasteiger partial charge on any atom is -0.507 e. The van der Waals surface area contributed by atoms with Gasteiger partial charge < -0.3 is 24.5 Å². The van der Waals surface area contributed by atoms with Crippen LogP contribution in [0.2, 0.25) is 0 Å². The average molecular weight is 453 g/mol. The summed E-state index contributed by atoms with van der Waals surface area (Å²) in [4.78, 5) is 35.3. The van der Waals surface area contributed by atoms with E-state index in [1.807, 2.05) is 24.3 Å². The smallest absolute Gasteiger partial charge is 0.295 e. The molecule has 1 saturated heterocycles. The molecule has 2 aliphatic heterocycles. The number of aromatic nitrogens is 2. The number of para-hydroxylation sites is 1. The predicted octanol–water partition coefficient (Wildman–Crippen LogP) is 3.91. The fourth-order valence-electron chi connectivity index (χ4n) is 4.57. The molecule has 8 nitrogen and oxygen atoms in total. The Balaban J connectivity index is 1.53. The number of nitrogens with one attached hydrogen (secondary N) is 1. The van der Waals surface area contributed by atoms with Gasteiger partial charge in [0.15, 0.2) is 11.5 Å². The number of H-pyrrole nitrogens is 1. The van der Waals surface area contributed by atoms with Crippen LogP contribution in [0.25, 0.3) is 16.7 Å². The van der Waals surface area contributed by atoms with Crippen LogP contribution in [-0.4, -0.2) is 38.5 Å². The number of rotatable bonds is 4. The second-order valence-electron chi connectivity index (χ2n) is 8.14. The Kier molecular flexibility index (Phi) is 4.58. The summed E-state index contributed by atoms with van der Waals surface area (Å²) in [5, 5.41) is 12.2. The Bertz CT molecular complexity index is 1470. The number of ether oxygens (including phenoxy) is 2. The van der Waals surface area contributed by atoms with E-state index in [0.29, 0.717) is 17.1 Å². The van der Waals surface area contributed by atoms with Crippen molar-refractivity contribution in [3.05, 3.63) is 95.5 Å². The molecule has 2 N–H and O–H groups in total. The van der Waals surface area contributed by atoms with Gasteiger partial charge in [-0.1, -0.05) is 18.2 Å². The molecule has 2 aromatic heterocycles. The first-order chi connectivity index (χ1) is 16.6. The molecule has 8 heteroatoms. The van der Waals surface area contributed by atoms with Gasteiger partial charge in [-0.25, -0.2) is 0 Å². The highest BCUT2D eigenvalue weighted by Gasteiger charge is 2.47. The lowest BCUT2D eigenvalue weighted by molar-refractivity contribution is -0.140. The van der Waals surface area contributed by atoms with Crippen LogP contribution in [0.15, 0.2) is 78.8 Å². The van der Waals surface area contributed by atoms with Crippen LogP contribution in [0.3, 0.4) is 0 Å². The summed E-state index contributed by atoms with van der Waals surface area (Å²) in [7, 11) is 0. The topological polar surface area (TPSA) is 105 Å². The normalized spacial score (nSPS) is 18.7. The lowest BCUT2D eigenvalue weighted by atomic mass is 9.94. The van der Waals surface area contributed by atoms with Gasteiger partial charge in [0.05, 0.1) is 11.6 Å². The Morgan fingerprint density at radius 3 is 2.71 bits per heavy atom. The van der Waals surface area contributed by atoms with E-state index in [-0.39, 0.29) is 24.7 Å². The van der Waals surface area contributed by atoms with Crippen LogP contribution in [0.4, 0.5) is 0 Å². The molecule has 1 unspecified atom stereocenters. The molecule has 4 heterocycles. The van der Waals surface area contributed by atoms with E-state index in [1.54, 1.807) is 48.9 Å². The Morgan fingerprint density at radius 1 is 1.06 bits per heavy atom. The van der Waals surface area contributed by atoms with Crippen LogP contribution in [-0.2, 0) is 16.1 Å². The van der Waals surface area contributed by atoms with Crippen LogP contribution < -0.4 is 9.47 Å². The molecular formula is C26H19N3O5. The SMILES string of the molecule is O=C1C(=O)N(Cc2ccncc2)C(c2c[nH]c3ccccc23)/C1=C(\O)c1ccc2c(c1)OCO2. The average Bonchev–Trinajstić information content (AvgIpc) is 3.57. The van der Waals surface area contributed by atoms with E-state index in [9.17, 15) is 14.7 Å². The minimum atomic E-state index is -0.783. The van der Waals surface area contributed by atoms with Crippen LogP contribution in [0.1, 0.15) is 22.7 Å². The second kappa shape index (κ2) is 7.77. The second-order valence-corrected chi connectivity index (χ2v) is 8.14. The largest absolute Gasteiger partial charge is 0.507 e. The summed E-state index contributed by atoms with van der Waals surface area (Å²) >= 11 is 0. The molecule has 168 valence electrons. The molecule has 0 bridgehead atoms. The van der Waals surface area contributed by atoms with Crippen molar-refractivity contribution >= 4 is 28.4 Å². The van der Waals surface area contributed by atoms with E-state index in [0.717, 1.165) is 22.0 Å². The number of hydrogen-bond acceptors (Lipinski definition) is 6. The molecule has 0 radical (unpaired) electrons. The number of carbonyl (C=O) groups is 2. The van der Waals surface area contributed by atoms with Gasteiger partial charge in [-0.3, -0.25) is 14.6 Å². The number of aliphatic hydroxyl groups excluding tert-OH is 1. The molecule has 1 fully saturated rings. The molecule has 0 aliphatic carbocycles. The highest BCUT2D eigenvalue weighted by atomic mass is 16.7. The number of pyridine rings is 1. The molecular weight excluding hydrogens is 434 g/mol. The number of Topliss-reactive ketones (excluding diaryl/α,β-unsaturated/α-hetero) is 1. The fourth-order valence-corrected chi connectivity index (χ4v) is 4.57. The van der Waals surface area contributed by atoms with Gasteiger partial charge in [0.2, 0.25) is 6.79 Å². The number of likely N-dealkylation sites (tertiary alicyclic amines) is 1. The zero-order valence-electron chi connectivity index (χ0n) is 17.9. The first-order valence-corrected chi connectivity index (χ1v) is 10.7. The maximum atomic E-state index is 13.3. The van der Waals surface area contributed by atoms with Crippen molar-refractivity contribution in [2.75, 3.05) is 6.79 Å². The third kappa shape index (κ3) is 3.11. The number of fused-ring (bicyclic) bond motifs is 2. The minimum absolute atomic E-state index is 0.0303. The van der Waals surface area contributed by atoms with Crippen molar-refractivity contribution < 1.29 is 24.2 Å². The van der Waals surface area contributed by atoms with Crippen molar-refractivity contribution in [2.45, 2.75) is 12.6 Å².